The fraction of sp³-hybridized carbons (Fsp3) is 0.333. The first kappa shape index (κ1) is 12.9. The van der Waals surface area contributed by atoms with Crippen LogP contribution in [0.5, 0.6) is 0 Å². The van der Waals surface area contributed by atoms with E-state index in [2.05, 4.69) is 68.5 Å². The molecule has 1 fully saturated rings. The van der Waals surface area contributed by atoms with Crippen LogP contribution in [-0.4, -0.2) is 0 Å². The molecule has 3 atom stereocenters. The van der Waals surface area contributed by atoms with Crippen molar-refractivity contribution in [2.45, 2.75) is 32.6 Å². The summed E-state index contributed by atoms with van der Waals surface area (Å²) in [6, 6.07) is 13.8. The van der Waals surface area contributed by atoms with Gasteiger partial charge in [0, 0.05) is 5.92 Å². The van der Waals surface area contributed by atoms with Crippen LogP contribution in [0.1, 0.15) is 43.7 Å². The molecule has 2 aliphatic carbocycles. The van der Waals surface area contributed by atoms with Crippen LogP contribution in [0.15, 0.2) is 54.6 Å². The van der Waals surface area contributed by atoms with Gasteiger partial charge in [-0.2, -0.15) is 0 Å². The molecule has 0 aromatic heterocycles. The lowest BCUT2D eigenvalue weighted by atomic mass is 9.88. The van der Waals surface area contributed by atoms with Crippen LogP contribution in [0, 0.1) is 11.8 Å². The van der Waals surface area contributed by atoms with Gasteiger partial charge in [0.05, 0.1) is 0 Å². The molecule has 0 aliphatic heterocycles. The summed E-state index contributed by atoms with van der Waals surface area (Å²) < 4.78 is 0. The van der Waals surface area contributed by atoms with Crippen LogP contribution in [0.2, 0.25) is 0 Å². The predicted octanol–water partition coefficient (Wildman–Crippen LogP) is 5.94. The molecule has 4 rings (SSSR count). The zero-order valence-corrected chi connectivity index (χ0v) is 12.8. The fourth-order valence-electron chi connectivity index (χ4n) is 3.61. The van der Waals surface area contributed by atoms with Gasteiger partial charge in [-0.1, -0.05) is 48.6 Å². The van der Waals surface area contributed by atoms with E-state index < -0.39 is 0 Å². The lowest BCUT2D eigenvalue weighted by Gasteiger charge is -2.17. The SMILES string of the molecule is C/C=C(/C)c1ccc2cc(C3C=CC4CC4C3)ccc2c1. The normalized spacial score (nSPS) is 27.7. The van der Waals surface area contributed by atoms with E-state index in [0.717, 1.165) is 11.8 Å². The van der Waals surface area contributed by atoms with Crippen molar-refractivity contribution in [1.82, 2.24) is 0 Å². The van der Waals surface area contributed by atoms with Crippen LogP contribution < -0.4 is 0 Å². The van der Waals surface area contributed by atoms with Crippen LogP contribution >= 0.6 is 0 Å². The first-order valence-corrected chi connectivity index (χ1v) is 8.10. The van der Waals surface area contributed by atoms with Crippen LogP contribution in [-0.2, 0) is 0 Å². The van der Waals surface area contributed by atoms with Crippen molar-refractivity contribution in [3.05, 3.63) is 65.8 Å². The molecular formula is C21H22. The minimum Gasteiger partial charge on any atom is -0.0845 e. The molecule has 0 radical (unpaired) electrons. The summed E-state index contributed by atoms with van der Waals surface area (Å²) in [4.78, 5) is 0. The first-order chi connectivity index (χ1) is 10.2. The molecule has 0 bridgehead atoms. The average Bonchev–Trinajstić information content (AvgIpc) is 3.31. The summed E-state index contributed by atoms with van der Waals surface area (Å²) in [5.74, 6) is 2.51. The van der Waals surface area contributed by atoms with Crippen LogP contribution in [0.3, 0.4) is 0 Å². The fourth-order valence-corrected chi connectivity index (χ4v) is 3.61. The lowest BCUT2D eigenvalue weighted by molar-refractivity contribution is 0.616. The van der Waals surface area contributed by atoms with Gasteiger partial charge < -0.3 is 0 Å². The number of allylic oxidation sites excluding steroid dienone is 4. The lowest BCUT2D eigenvalue weighted by Crippen LogP contribution is -2.01. The molecule has 0 heterocycles. The highest BCUT2D eigenvalue weighted by Crippen LogP contribution is 2.50. The van der Waals surface area contributed by atoms with Gasteiger partial charge in [-0.25, -0.2) is 0 Å². The smallest absolute Gasteiger partial charge is 0.00211 e. The molecule has 2 aliphatic rings. The molecule has 21 heavy (non-hydrogen) atoms. The summed E-state index contributed by atoms with van der Waals surface area (Å²) in [7, 11) is 0. The number of hydrogen-bond donors (Lipinski definition) is 0. The minimum atomic E-state index is 0.634. The van der Waals surface area contributed by atoms with E-state index in [1.807, 2.05) is 0 Å². The standard InChI is InChI=1S/C21H22/c1-3-14(2)15-4-5-17-11-18(7-6-16(17)10-15)19-8-9-20-13-21(20)12-19/h3-11,19-21H,12-13H2,1-2H3/b14-3-. The van der Waals surface area contributed by atoms with Crippen molar-refractivity contribution in [1.29, 1.82) is 0 Å². The molecule has 0 heteroatoms. The van der Waals surface area contributed by atoms with E-state index >= 15 is 0 Å². The van der Waals surface area contributed by atoms with Gasteiger partial charge in [0.25, 0.3) is 0 Å². The largest absolute Gasteiger partial charge is 0.0845 e. The van der Waals surface area contributed by atoms with Crippen molar-refractivity contribution < 1.29 is 0 Å². The molecule has 3 unspecified atom stereocenters. The van der Waals surface area contributed by atoms with Crippen LogP contribution in [0.25, 0.3) is 16.3 Å². The second-order valence-electron chi connectivity index (χ2n) is 6.68. The van der Waals surface area contributed by atoms with Crippen molar-refractivity contribution in [3.63, 3.8) is 0 Å². The third kappa shape index (κ3) is 2.33. The summed E-state index contributed by atoms with van der Waals surface area (Å²) in [6.07, 6.45) is 9.83. The Balaban J connectivity index is 1.70. The number of hydrogen-bond acceptors (Lipinski definition) is 0. The van der Waals surface area contributed by atoms with E-state index in [1.54, 1.807) is 0 Å². The summed E-state index contributed by atoms with van der Waals surface area (Å²) >= 11 is 0. The molecule has 1 saturated carbocycles. The Bertz CT molecular complexity index is 748. The average molecular weight is 274 g/mol. The summed E-state index contributed by atoms with van der Waals surface area (Å²) in [5.41, 5.74) is 4.16. The molecule has 0 N–H and O–H groups in total. The molecule has 0 saturated heterocycles. The Morgan fingerprint density at radius 1 is 1.00 bits per heavy atom. The van der Waals surface area contributed by atoms with Gasteiger partial charge in [-0.3, -0.25) is 0 Å². The first-order valence-electron chi connectivity index (χ1n) is 8.10. The Kier molecular flexibility index (Phi) is 2.99. The zero-order valence-electron chi connectivity index (χ0n) is 12.8. The van der Waals surface area contributed by atoms with Gasteiger partial charge in [0.1, 0.15) is 0 Å². The highest BCUT2D eigenvalue weighted by Gasteiger charge is 2.39. The molecule has 0 nitrogen and oxygen atoms in total. The maximum Gasteiger partial charge on any atom is 0.00211 e. The molecular weight excluding hydrogens is 252 g/mol. The highest BCUT2D eigenvalue weighted by molar-refractivity contribution is 5.86. The topological polar surface area (TPSA) is 0 Å². The third-order valence-electron chi connectivity index (χ3n) is 5.31. The Hall–Kier alpha value is -1.82. The van der Waals surface area contributed by atoms with Gasteiger partial charge >= 0.3 is 0 Å². The molecule has 2 aromatic carbocycles. The molecule has 2 aromatic rings. The number of benzene rings is 2. The minimum absolute atomic E-state index is 0.634. The second kappa shape index (κ2) is 4.87. The van der Waals surface area contributed by atoms with E-state index in [9.17, 15) is 0 Å². The molecule has 0 spiro atoms. The van der Waals surface area contributed by atoms with E-state index in [4.69, 9.17) is 0 Å². The summed E-state index contributed by atoms with van der Waals surface area (Å²) in [6.45, 7) is 4.28. The van der Waals surface area contributed by atoms with E-state index in [-0.39, 0.29) is 0 Å². The van der Waals surface area contributed by atoms with Crippen molar-refractivity contribution in [3.8, 4) is 0 Å². The van der Waals surface area contributed by atoms with Crippen molar-refractivity contribution in [2.24, 2.45) is 11.8 Å². The summed E-state index contributed by atoms with van der Waals surface area (Å²) in [5, 5.41) is 2.72. The third-order valence-corrected chi connectivity index (χ3v) is 5.31. The van der Waals surface area contributed by atoms with Gasteiger partial charge in [-0.05, 0) is 72.1 Å². The predicted molar refractivity (Wildman–Crippen MR) is 91.4 cm³/mol. The van der Waals surface area contributed by atoms with Gasteiger partial charge in [-0.15, -0.1) is 0 Å². The van der Waals surface area contributed by atoms with Gasteiger partial charge in [0.2, 0.25) is 0 Å². The van der Waals surface area contributed by atoms with Crippen molar-refractivity contribution >= 4 is 16.3 Å². The second-order valence-corrected chi connectivity index (χ2v) is 6.68. The van der Waals surface area contributed by atoms with E-state index in [1.165, 1.54) is 40.3 Å². The zero-order chi connectivity index (χ0) is 14.4. The number of rotatable bonds is 2. The van der Waals surface area contributed by atoms with Gasteiger partial charge in [0.15, 0.2) is 0 Å². The Labute approximate surface area is 127 Å². The highest BCUT2D eigenvalue weighted by atomic mass is 14.4. The van der Waals surface area contributed by atoms with Crippen LogP contribution in [0.4, 0.5) is 0 Å². The monoisotopic (exact) mass is 274 g/mol. The number of fused-ring (bicyclic) bond motifs is 2. The maximum atomic E-state index is 2.45. The Morgan fingerprint density at radius 3 is 2.62 bits per heavy atom. The van der Waals surface area contributed by atoms with Crippen molar-refractivity contribution in [2.75, 3.05) is 0 Å². The quantitative estimate of drug-likeness (QED) is 0.594. The molecule has 106 valence electrons. The maximum absolute atomic E-state index is 2.45. The molecule has 0 amide bonds. The van der Waals surface area contributed by atoms with E-state index in [0.29, 0.717) is 5.92 Å². The Morgan fingerprint density at radius 2 is 1.81 bits per heavy atom.